The molecule has 0 fully saturated rings. The molecule has 0 unspecified atom stereocenters. The highest BCUT2D eigenvalue weighted by Crippen LogP contribution is 2.29. The number of aromatic nitrogens is 2. The van der Waals surface area contributed by atoms with Gasteiger partial charge in [-0.3, -0.25) is 4.79 Å². The first-order valence-electron chi connectivity index (χ1n) is 7.22. The van der Waals surface area contributed by atoms with Crippen LogP contribution >= 0.6 is 0 Å². The van der Waals surface area contributed by atoms with Gasteiger partial charge in [0, 0.05) is 11.3 Å². The lowest BCUT2D eigenvalue weighted by molar-refractivity contribution is -0.159. The standard InChI is InChI=1S/C15H16F3N3O3/c1-3-9(2)23-8-12(22)19-11-6-4-10(5-7-11)13-20-14(24-21-13)15(16,17)18/h4-7,9H,3,8H2,1-2H3,(H,19,22)/t9-/m0/s1. The van der Waals surface area contributed by atoms with Gasteiger partial charge in [0.05, 0.1) is 6.10 Å². The smallest absolute Gasteiger partial charge is 0.369 e. The van der Waals surface area contributed by atoms with Crippen molar-refractivity contribution < 1.29 is 27.2 Å². The number of anilines is 1. The van der Waals surface area contributed by atoms with E-state index in [1.165, 1.54) is 24.3 Å². The fourth-order valence-electron chi connectivity index (χ4n) is 1.69. The second-order valence-electron chi connectivity index (χ2n) is 5.08. The number of carbonyl (C=O) groups is 1. The minimum absolute atomic E-state index is 0.0146. The predicted molar refractivity (Wildman–Crippen MR) is 79.1 cm³/mol. The molecule has 1 aromatic heterocycles. The van der Waals surface area contributed by atoms with Gasteiger partial charge in [0.15, 0.2) is 0 Å². The molecule has 0 aliphatic rings. The van der Waals surface area contributed by atoms with E-state index in [2.05, 4.69) is 20.0 Å². The van der Waals surface area contributed by atoms with Gasteiger partial charge in [-0.2, -0.15) is 18.2 Å². The number of nitrogens with one attached hydrogen (secondary N) is 1. The molecule has 2 aromatic rings. The summed E-state index contributed by atoms with van der Waals surface area (Å²) < 4.78 is 46.7. The number of halogens is 3. The van der Waals surface area contributed by atoms with Gasteiger partial charge >= 0.3 is 12.1 Å². The number of amides is 1. The number of rotatable bonds is 6. The number of alkyl halides is 3. The molecule has 1 N–H and O–H groups in total. The SMILES string of the molecule is CC[C@H](C)OCC(=O)Nc1ccc(-c2noc(C(F)(F)F)n2)cc1. The first-order chi connectivity index (χ1) is 11.3. The van der Waals surface area contributed by atoms with E-state index >= 15 is 0 Å². The number of hydrogen-bond acceptors (Lipinski definition) is 5. The van der Waals surface area contributed by atoms with E-state index in [0.29, 0.717) is 11.3 Å². The predicted octanol–water partition coefficient (Wildman–Crippen LogP) is 3.51. The molecule has 0 aliphatic carbocycles. The second-order valence-corrected chi connectivity index (χ2v) is 5.08. The molecular weight excluding hydrogens is 327 g/mol. The van der Waals surface area contributed by atoms with Gasteiger partial charge in [0.25, 0.3) is 0 Å². The Balaban J connectivity index is 1.98. The fraction of sp³-hybridized carbons (Fsp3) is 0.400. The van der Waals surface area contributed by atoms with E-state index in [1.807, 2.05) is 13.8 Å². The topological polar surface area (TPSA) is 77.2 Å². The first-order valence-corrected chi connectivity index (χ1v) is 7.22. The highest BCUT2D eigenvalue weighted by Gasteiger charge is 2.38. The van der Waals surface area contributed by atoms with Crippen molar-refractivity contribution in [2.75, 3.05) is 11.9 Å². The Labute approximate surface area is 136 Å². The quantitative estimate of drug-likeness (QED) is 0.868. The summed E-state index contributed by atoms with van der Waals surface area (Å²) >= 11 is 0. The van der Waals surface area contributed by atoms with E-state index in [1.54, 1.807) is 0 Å². The molecule has 2 rings (SSSR count). The summed E-state index contributed by atoms with van der Waals surface area (Å²) in [5.74, 6) is -1.90. The molecule has 1 aromatic carbocycles. The highest BCUT2D eigenvalue weighted by molar-refractivity contribution is 5.91. The summed E-state index contributed by atoms with van der Waals surface area (Å²) in [6.45, 7) is 3.74. The normalized spacial score (nSPS) is 12.9. The Morgan fingerprint density at radius 2 is 2.00 bits per heavy atom. The third-order valence-corrected chi connectivity index (χ3v) is 3.17. The third-order valence-electron chi connectivity index (χ3n) is 3.17. The summed E-state index contributed by atoms with van der Waals surface area (Å²) in [6.07, 6.45) is -3.90. The van der Waals surface area contributed by atoms with Gasteiger partial charge in [-0.05, 0) is 37.6 Å². The molecule has 0 bridgehead atoms. The first kappa shape index (κ1) is 17.9. The molecule has 1 atom stereocenters. The molecule has 0 aliphatic heterocycles. The maximum atomic E-state index is 12.4. The second kappa shape index (κ2) is 7.43. The number of carbonyl (C=O) groups excluding carboxylic acids is 1. The van der Waals surface area contributed by atoms with Crippen molar-refractivity contribution in [2.45, 2.75) is 32.5 Å². The van der Waals surface area contributed by atoms with Gasteiger partial charge in [-0.25, -0.2) is 0 Å². The lowest BCUT2D eigenvalue weighted by Gasteiger charge is -2.10. The van der Waals surface area contributed by atoms with Gasteiger partial charge in [0.1, 0.15) is 6.61 Å². The number of hydrogen-bond donors (Lipinski definition) is 1. The molecule has 1 heterocycles. The summed E-state index contributed by atoms with van der Waals surface area (Å²) in [5.41, 5.74) is 0.819. The minimum atomic E-state index is -4.69. The molecule has 0 saturated heterocycles. The van der Waals surface area contributed by atoms with Crippen LogP contribution < -0.4 is 5.32 Å². The average Bonchev–Trinajstić information content (AvgIpc) is 3.03. The van der Waals surface area contributed by atoms with Crippen molar-refractivity contribution in [2.24, 2.45) is 0 Å². The lowest BCUT2D eigenvalue weighted by Crippen LogP contribution is -2.21. The number of benzene rings is 1. The molecule has 0 saturated carbocycles. The molecule has 0 spiro atoms. The van der Waals surface area contributed by atoms with Gasteiger partial charge < -0.3 is 14.6 Å². The summed E-state index contributed by atoms with van der Waals surface area (Å²) in [7, 11) is 0. The Hall–Kier alpha value is -2.42. The van der Waals surface area contributed by atoms with Crippen LogP contribution in [0.5, 0.6) is 0 Å². The van der Waals surface area contributed by atoms with Gasteiger partial charge in [-0.1, -0.05) is 12.1 Å². The molecule has 24 heavy (non-hydrogen) atoms. The number of nitrogens with zero attached hydrogens (tertiary/aromatic N) is 2. The average molecular weight is 343 g/mol. The van der Waals surface area contributed by atoms with Crippen LogP contribution in [0.25, 0.3) is 11.4 Å². The van der Waals surface area contributed by atoms with E-state index in [0.717, 1.165) is 6.42 Å². The van der Waals surface area contributed by atoms with Crippen LogP contribution in [-0.2, 0) is 15.7 Å². The van der Waals surface area contributed by atoms with Crippen LogP contribution in [0.2, 0.25) is 0 Å². The van der Waals surface area contributed by atoms with Crippen molar-refractivity contribution in [3.8, 4) is 11.4 Å². The monoisotopic (exact) mass is 343 g/mol. The minimum Gasteiger partial charge on any atom is -0.369 e. The zero-order valence-electron chi connectivity index (χ0n) is 13.1. The largest absolute Gasteiger partial charge is 0.471 e. The van der Waals surface area contributed by atoms with E-state index in [4.69, 9.17) is 4.74 Å². The molecule has 0 radical (unpaired) electrons. The summed E-state index contributed by atoms with van der Waals surface area (Å²) in [5, 5.41) is 5.91. The summed E-state index contributed by atoms with van der Waals surface area (Å²) in [4.78, 5) is 15.0. The summed E-state index contributed by atoms with van der Waals surface area (Å²) in [6, 6.07) is 6.02. The van der Waals surface area contributed by atoms with Crippen molar-refractivity contribution >= 4 is 11.6 Å². The van der Waals surface area contributed by atoms with Crippen LogP contribution in [0, 0.1) is 0 Å². The van der Waals surface area contributed by atoms with Gasteiger partial charge in [-0.15, -0.1) is 0 Å². The van der Waals surface area contributed by atoms with E-state index in [-0.39, 0.29) is 24.4 Å². The molecule has 1 amide bonds. The van der Waals surface area contributed by atoms with Crippen molar-refractivity contribution in [1.29, 1.82) is 0 Å². The van der Waals surface area contributed by atoms with E-state index < -0.39 is 12.1 Å². The molecule has 130 valence electrons. The zero-order valence-corrected chi connectivity index (χ0v) is 13.1. The van der Waals surface area contributed by atoms with Crippen LogP contribution in [-0.4, -0.2) is 28.8 Å². The van der Waals surface area contributed by atoms with Gasteiger partial charge in [0.2, 0.25) is 11.7 Å². The molecular formula is C15H16F3N3O3. The van der Waals surface area contributed by atoms with Crippen LogP contribution in [0.3, 0.4) is 0 Å². The van der Waals surface area contributed by atoms with Crippen molar-refractivity contribution in [3.63, 3.8) is 0 Å². The maximum Gasteiger partial charge on any atom is 0.471 e. The third kappa shape index (κ3) is 4.79. The van der Waals surface area contributed by atoms with Crippen LogP contribution in [0.4, 0.5) is 18.9 Å². The van der Waals surface area contributed by atoms with Crippen LogP contribution in [0.1, 0.15) is 26.2 Å². The Bertz CT molecular complexity index is 683. The maximum absolute atomic E-state index is 12.4. The number of ether oxygens (including phenoxy) is 1. The zero-order chi connectivity index (χ0) is 17.7. The Kier molecular flexibility index (Phi) is 5.55. The van der Waals surface area contributed by atoms with Crippen molar-refractivity contribution in [1.82, 2.24) is 10.1 Å². The molecule has 6 nitrogen and oxygen atoms in total. The highest BCUT2D eigenvalue weighted by atomic mass is 19.4. The van der Waals surface area contributed by atoms with Crippen LogP contribution in [0.15, 0.2) is 28.8 Å². The fourth-order valence-corrected chi connectivity index (χ4v) is 1.69. The lowest BCUT2D eigenvalue weighted by atomic mass is 10.2. The van der Waals surface area contributed by atoms with Crippen molar-refractivity contribution in [3.05, 3.63) is 30.2 Å². The molecule has 9 heteroatoms. The Morgan fingerprint density at radius 3 is 2.54 bits per heavy atom. The Morgan fingerprint density at radius 1 is 1.33 bits per heavy atom. The van der Waals surface area contributed by atoms with E-state index in [9.17, 15) is 18.0 Å².